The number of ether oxygens (including phenoxy) is 1. The topological polar surface area (TPSA) is 58.6 Å². The van der Waals surface area contributed by atoms with E-state index in [1.54, 1.807) is 19.1 Å². The molecule has 2 aromatic rings. The Morgan fingerprint density at radius 2 is 1.69 bits per heavy atom. The summed E-state index contributed by atoms with van der Waals surface area (Å²) in [6.07, 6.45) is 0. The van der Waals surface area contributed by atoms with Crippen LogP contribution in [-0.4, -0.2) is 35.4 Å². The maximum absolute atomic E-state index is 13.0. The second kappa shape index (κ2) is 10.3. The van der Waals surface area contributed by atoms with Crippen molar-refractivity contribution in [1.29, 1.82) is 0 Å². The normalized spacial score (nSPS) is 11.8. The summed E-state index contributed by atoms with van der Waals surface area (Å²) < 4.78 is 5.71. The van der Waals surface area contributed by atoms with Gasteiger partial charge in [-0.25, -0.2) is 0 Å². The summed E-state index contributed by atoms with van der Waals surface area (Å²) in [5, 5.41) is 3.49. The van der Waals surface area contributed by atoms with Gasteiger partial charge in [0.15, 0.2) is 6.61 Å². The van der Waals surface area contributed by atoms with Crippen molar-refractivity contribution in [3.8, 4) is 5.75 Å². The molecule has 0 saturated carbocycles. The third-order valence-corrected chi connectivity index (χ3v) is 4.96. The van der Waals surface area contributed by atoms with Crippen LogP contribution in [0.3, 0.4) is 0 Å². The number of nitrogens with one attached hydrogen (secondary N) is 1. The molecule has 156 valence electrons. The molecular formula is C23H29ClN2O3. The van der Waals surface area contributed by atoms with Gasteiger partial charge in [-0.1, -0.05) is 29.8 Å². The zero-order valence-electron chi connectivity index (χ0n) is 17.7. The van der Waals surface area contributed by atoms with E-state index in [1.807, 2.05) is 58.0 Å². The highest BCUT2D eigenvalue weighted by Crippen LogP contribution is 2.18. The van der Waals surface area contributed by atoms with E-state index in [-0.39, 0.29) is 24.5 Å². The van der Waals surface area contributed by atoms with Crippen molar-refractivity contribution in [3.05, 3.63) is 64.2 Å². The number of hydrogen-bond donors (Lipinski definition) is 1. The van der Waals surface area contributed by atoms with E-state index in [4.69, 9.17) is 16.3 Å². The zero-order valence-corrected chi connectivity index (χ0v) is 18.4. The van der Waals surface area contributed by atoms with E-state index in [1.165, 1.54) is 4.90 Å². The Labute approximate surface area is 178 Å². The third-order valence-electron chi connectivity index (χ3n) is 4.71. The Hall–Kier alpha value is -2.53. The molecule has 2 rings (SSSR count). The number of aryl methyl sites for hydroxylation is 2. The number of benzene rings is 2. The van der Waals surface area contributed by atoms with Crippen LogP contribution in [0.15, 0.2) is 42.5 Å². The van der Waals surface area contributed by atoms with Crippen molar-refractivity contribution in [1.82, 2.24) is 10.2 Å². The molecule has 0 radical (unpaired) electrons. The summed E-state index contributed by atoms with van der Waals surface area (Å²) in [6.45, 7) is 9.66. The van der Waals surface area contributed by atoms with Crippen molar-refractivity contribution in [2.75, 3.05) is 6.61 Å². The van der Waals surface area contributed by atoms with Crippen molar-refractivity contribution in [2.45, 2.75) is 53.2 Å². The van der Waals surface area contributed by atoms with E-state index in [2.05, 4.69) is 5.32 Å². The van der Waals surface area contributed by atoms with Crippen LogP contribution < -0.4 is 10.1 Å². The standard InChI is InChI=1S/C23H29ClN2O3/c1-15(2)25-23(28)18(5)26(13-19-7-9-20(24)10-8-19)22(27)14-29-21-11-6-16(3)17(4)12-21/h6-12,15,18H,13-14H2,1-5H3,(H,25,28)/t18-/m1/s1. The summed E-state index contributed by atoms with van der Waals surface area (Å²) in [5.41, 5.74) is 3.14. The van der Waals surface area contributed by atoms with E-state index >= 15 is 0 Å². The van der Waals surface area contributed by atoms with Gasteiger partial charge in [0.1, 0.15) is 11.8 Å². The molecule has 1 N–H and O–H groups in total. The zero-order chi connectivity index (χ0) is 21.6. The van der Waals surface area contributed by atoms with Crippen molar-refractivity contribution >= 4 is 23.4 Å². The molecule has 0 aromatic heterocycles. The second-order valence-corrected chi connectivity index (χ2v) is 7.96. The Bertz CT molecular complexity index is 850. The first-order valence-corrected chi connectivity index (χ1v) is 10.1. The molecule has 0 aliphatic carbocycles. The lowest BCUT2D eigenvalue weighted by molar-refractivity contribution is -0.142. The number of carbonyl (C=O) groups is 2. The van der Waals surface area contributed by atoms with Gasteiger partial charge in [-0.05, 0) is 75.6 Å². The summed E-state index contributed by atoms with van der Waals surface area (Å²) in [4.78, 5) is 27.0. The van der Waals surface area contributed by atoms with Crippen LogP contribution in [0, 0.1) is 13.8 Å². The lowest BCUT2D eigenvalue weighted by Gasteiger charge is -2.29. The Kier molecular flexibility index (Phi) is 8.09. The minimum absolute atomic E-state index is 0.00998. The van der Waals surface area contributed by atoms with Gasteiger partial charge in [0.2, 0.25) is 5.91 Å². The van der Waals surface area contributed by atoms with Gasteiger partial charge in [-0.3, -0.25) is 9.59 Å². The number of amides is 2. The predicted octanol–water partition coefficient (Wildman–Crippen LogP) is 4.28. The van der Waals surface area contributed by atoms with Crippen LogP contribution in [0.5, 0.6) is 5.75 Å². The average molecular weight is 417 g/mol. The van der Waals surface area contributed by atoms with E-state index in [0.29, 0.717) is 17.3 Å². The van der Waals surface area contributed by atoms with Gasteiger partial charge in [-0.2, -0.15) is 0 Å². The number of nitrogens with zero attached hydrogens (tertiary/aromatic N) is 1. The van der Waals surface area contributed by atoms with Gasteiger partial charge in [0.05, 0.1) is 0 Å². The fraction of sp³-hybridized carbons (Fsp3) is 0.391. The van der Waals surface area contributed by atoms with Crippen molar-refractivity contribution in [2.24, 2.45) is 0 Å². The van der Waals surface area contributed by atoms with Crippen molar-refractivity contribution in [3.63, 3.8) is 0 Å². The highest BCUT2D eigenvalue weighted by molar-refractivity contribution is 6.30. The van der Waals surface area contributed by atoms with Gasteiger partial charge in [0.25, 0.3) is 5.91 Å². The van der Waals surface area contributed by atoms with E-state index < -0.39 is 6.04 Å². The molecule has 0 aliphatic rings. The SMILES string of the molecule is Cc1ccc(OCC(=O)N(Cc2ccc(Cl)cc2)[C@H](C)C(=O)NC(C)C)cc1C. The molecule has 0 heterocycles. The quantitative estimate of drug-likeness (QED) is 0.698. The summed E-state index contributed by atoms with van der Waals surface area (Å²) >= 11 is 5.96. The van der Waals surface area contributed by atoms with E-state index in [9.17, 15) is 9.59 Å². The van der Waals surface area contributed by atoms with Crippen LogP contribution >= 0.6 is 11.6 Å². The number of carbonyl (C=O) groups excluding carboxylic acids is 2. The molecule has 1 atom stereocenters. The van der Waals surface area contributed by atoms with Crippen LogP contribution in [0.2, 0.25) is 5.02 Å². The smallest absolute Gasteiger partial charge is 0.261 e. The Balaban J connectivity index is 2.15. The van der Waals surface area contributed by atoms with E-state index in [0.717, 1.165) is 16.7 Å². The number of halogens is 1. The molecular weight excluding hydrogens is 388 g/mol. The molecule has 6 heteroatoms. The van der Waals surface area contributed by atoms with Gasteiger partial charge in [-0.15, -0.1) is 0 Å². The lowest BCUT2D eigenvalue weighted by Crippen LogP contribution is -2.50. The van der Waals surface area contributed by atoms with Crippen LogP contribution in [0.25, 0.3) is 0 Å². The number of hydrogen-bond acceptors (Lipinski definition) is 3. The molecule has 2 amide bonds. The third kappa shape index (κ3) is 6.79. The molecule has 29 heavy (non-hydrogen) atoms. The first-order chi connectivity index (χ1) is 13.7. The summed E-state index contributed by atoms with van der Waals surface area (Å²) in [5.74, 6) is 0.172. The van der Waals surface area contributed by atoms with Crippen LogP contribution in [0.1, 0.15) is 37.5 Å². The first kappa shape index (κ1) is 22.8. The minimum Gasteiger partial charge on any atom is -0.484 e. The molecule has 0 spiro atoms. The largest absolute Gasteiger partial charge is 0.484 e. The molecule has 5 nitrogen and oxygen atoms in total. The minimum atomic E-state index is -0.635. The van der Waals surface area contributed by atoms with Crippen LogP contribution in [-0.2, 0) is 16.1 Å². The first-order valence-electron chi connectivity index (χ1n) is 9.71. The second-order valence-electron chi connectivity index (χ2n) is 7.52. The predicted molar refractivity (Wildman–Crippen MR) is 116 cm³/mol. The fourth-order valence-electron chi connectivity index (χ4n) is 2.81. The van der Waals surface area contributed by atoms with Gasteiger partial charge < -0.3 is 15.0 Å². The molecule has 0 bridgehead atoms. The maximum Gasteiger partial charge on any atom is 0.261 e. The Morgan fingerprint density at radius 3 is 2.28 bits per heavy atom. The average Bonchev–Trinajstić information content (AvgIpc) is 2.67. The lowest BCUT2D eigenvalue weighted by atomic mass is 10.1. The monoisotopic (exact) mass is 416 g/mol. The van der Waals surface area contributed by atoms with Gasteiger partial charge in [0, 0.05) is 17.6 Å². The number of rotatable bonds is 8. The molecule has 0 unspecified atom stereocenters. The summed E-state index contributed by atoms with van der Waals surface area (Å²) in [6, 6.07) is 12.3. The molecule has 0 saturated heterocycles. The van der Waals surface area contributed by atoms with Crippen molar-refractivity contribution < 1.29 is 14.3 Å². The molecule has 0 fully saturated rings. The van der Waals surface area contributed by atoms with Gasteiger partial charge >= 0.3 is 0 Å². The fourth-order valence-corrected chi connectivity index (χ4v) is 2.93. The van der Waals surface area contributed by atoms with Crippen LogP contribution in [0.4, 0.5) is 0 Å². The highest BCUT2D eigenvalue weighted by atomic mass is 35.5. The summed E-state index contributed by atoms with van der Waals surface area (Å²) in [7, 11) is 0. The Morgan fingerprint density at radius 1 is 1.03 bits per heavy atom. The molecule has 2 aromatic carbocycles. The molecule has 0 aliphatic heterocycles. The maximum atomic E-state index is 13.0. The highest BCUT2D eigenvalue weighted by Gasteiger charge is 2.26.